The molecule has 4 rings (SSSR count). The standard InChI is InChI=1S/C32H33ClFN3O4/c1-36-29-12-10-22(16-24(29)19-35)23-9-11-27(28(33)17-23)32(40)37(31(39)21-6-4-3-5-7-21)26-15-20(14-25(34)18-26)8-13-30(38)41-2/h8-19,21,32,35-36,40H,3-7H2,1-2H3/b13-8+,35-19?. The Bertz CT molecular complexity index is 1470. The van der Waals surface area contributed by atoms with Crippen molar-refractivity contribution in [2.75, 3.05) is 24.4 Å². The number of benzene rings is 3. The zero-order valence-corrected chi connectivity index (χ0v) is 23.7. The minimum absolute atomic E-state index is 0.149. The summed E-state index contributed by atoms with van der Waals surface area (Å²) in [5.41, 5.74) is 3.88. The molecule has 3 aromatic rings. The number of nitrogens with one attached hydrogen (secondary N) is 2. The van der Waals surface area contributed by atoms with E-state index in [2.05, 4.69) is 10.1 Å². The van der Waals surface area contributed by atoms with Crippen LogP contribution in [0.5, 0.6) is 0 Å². The number of ether oxygens (including phenoxy) is 1. The molecular weight excluding hydrogens is 545 g/mol. The van der Waals surface area contributed by atoms with E-state index >= 15 is 0 Å². The van der Waals surface area contributed by atoms with Gasteiger partial charge in [0.15, 0.2) is 6.23 Å². The number of aliphatic hydroxyl groups excluding tert-OH is 1. The second-order valence-electron chi connectivity index (χ2n) is 9.95. The van der Waals surface area contributed by atoms with Crippen LogP contribution in [0.1, 0.15) is 55.0 Å². The van der Waals surface area contributed by atoms with Crippen LogP contribution in [0.3, 0.4) is 0 Å². The molecular formula is C32H33ClFN3O4. The number of nitrogens with zero attached hydrogens (tertiary/aromatic N) is 1. The van der Waals surface area contributed by atoms with Crippen LogP contribution in [0.15, 0.2) is 60.7 Å². The lowest BCUT2D eigenvalue weighted by atomic mass is 9.88. The Morgan fingerprint density at radius 1 is 1.10 bits per heavy atom. The van der Waals surface area contributed by atoms with Crippen molar-refractivity contribution < 1.29 is 23.8 Å². The molecule has 1 atom stereocenters. The molecule has 0 aliphatic heterocycles. The van der Waals surface area contributed by atoms with Gasteiger partial charge in [-0.15, -0.1) is 0 Å². The van der Waals surface area contributed by atoms with E-state index in [1.54, 1.807) is 25.2 Å². The van der Waals surface area contributed by atoms with Crippen molar-refractivity contribution in [1.29, 1.82) is 5.41 Å². The van der Waals surface area contributed by atoms with Crippen LogP contribution < -0.4 is 10.2 Å². The minimum Gasteiger partial charge on any atom is -0.466 e. The minimum atomic E-state index is -1.49. The number of aliphatic hydroxyl groups is 1. The van der Waals surface area contributed by atoms with Crippen molar-refractivity contribution in [3.63, 3.8) is 0 Å². The smallest absolute Gasteiger partial charge is 0.330 e. The average Bonchev–Trinajstić information content (AvgIpc) is 2.99. The third kappa shape index (κ3) is 7.01. The highest BCUT2D eigenvalue weighted by molar-refractivity contribution is 6.31. The van der Waals surface area contributed by atoms with Crippen molar-refractivity contribution in [2.45, 2.75) is 38.3 Å². The molecule has 0 aromatic heterocycles. The summed E-state index contributed by atoms with van der Waals surface area (Å²) in [6, 6.07) is 14.7. The van der Waals surface area contributed by atoms with E-state index in [0.29, 0.717) is 24.0 Å². The molecule has 0 radical (unpaired) electrons. The first-order valence-corrected chi connectivity index (χ1v) is 13.8. The van der Waals surface area contributed by atoms with Crippen molar-refractivity contribution >= 4 is 47.1 Å². The van der Waals surface area contributed by atoms with Gasteiger partial charge in [0.05, 0.1) is 12.8 Å². The number of anilines is 2. The van der Waals surface area contributed by atoms with Crippen molar-refractivity contribution in [3.05, 3.63) is 88.2 Å². The Kier molecular flexibility index (Phi) is 9.91. The summed E-state index contributed by atoms with van der Waals surface area (Å²) in [5.74, 6) is -1.87. The summed E-state index contributed by atoms with van der Waals surface area (Å²) in [5, 5.41) is 22.6. The van der Waals surface area contributed by atoms with Gasteiger partial charge in [0.1, 0.15) is 5.82 Å². The van der Waals surface area contributed by atoms with E-state index in [9.17, 15) is 19.1 Å². The number of halogens is 2. The number of rotatable bonds is 9. The molecule has 41 heavy (non-hydrogen) atoms. The van der Waals surface area contributed by atoms with Crippen LogP contribution in [-0.2, 0) is 14.3 Å². The van der Waals surface area contributed by atoms with Crippen molar-refractivity contribution in [3.8, 4) is 11.1 Å². The molecule has 1 fully saturated rings. The fourth-order valence-corrected chi connectivity index (χ4v) is 5.42. The second-order valence-corrected chi connectivity index (χ2v) is 10.4. The van der Waals surface area contributed by atoms with Crippen LogP contribution in [0.25, 0.3) is 17.2 Å². The monoisotopic (exact) mass is 577 g/mol. The first-order valence-electron chi connectivity index (χ1n) is 13.5. The van der Waals surface area contributed by atoms with Gasteiger partial charge in [0.2, 0.25) is 5.91 Å². The summed E-state index contributed by atoms with van der Waals surface area (Å²) in [6.07, 6.45) is 6.51. The van der Waals surface area contributed by atoms with Gasteiger partial charge in [-0.1, -0.05) is 49.1 Å². The SMILES string of the molecule is CNc1ccc(-c2ccc(C(O)N(C(=O)C3CCCCC3)c3cc(F)cc(/C=C/C(=O)OC)c3)c(Cl)c2)cc1C=N. The van der Waals surface area contributed by atoms with E-state index < -0.39 is 18.0 Å². The highest BCUT2D eigenvalue weighted by Gasteiger charge is 2.33. The molecule has 3 N–H and O–H groups in total. The Hall–Kier alpha value is -4.01. The number of hydrogen-bond donors (Lipinski definition) is 3. The van der Waals surface area contributed by atoms with Crippen molar-refractivity contribution in [1.82, 2.24) is 0 Å². The zero-order chi connectivity index (χ0) is 29.5. The maximum atomic E-state index is 14.8. The quantitative estimate of drug-likeness (QED) is 0.110. The van der Waals surface area contributed by atoms with E-state index in [-0.39, 0.29) is 28.1 Å². The topological polar surface area (TPSA) is 103 Å². The van der Waals surface area contributed by atoms with E-state index in [1.807, 2.05) is 18.2 Å². The van der Waals surface area contributed by atoms with Gasteiger partial charge in [-0.25, -0.2) is 9.18 Å². The number of carbonyl (C=O) groups excluding carboxylic acids is 2. The third-order valence-corrected chi connectivity index (χ3v) is 7.65. The highest BCUT2D eigenvalue weighted by atomic mass is 35.5. The van der Waals surface area contributed by atoms with Crippen LogP contribution in [0.4, 0.5) is 15.8 Å². The van der Waals surface area contributed by atoms with Crippen LogP contribution in [-0.4, -0.2) is 37.4 Å². The van der Waals surface area contributed by atoms with E-state index in [1.165, 1.54) is 42.5 Å². The molecule has 3 aromatic carbocycles. The molecule has 1 aliphatic carbocycles. The molecule has 1 unspecified atom stereocenters. The molecule has 0 bridgehead atoms. The van der Waals surface area contributed by atoms with Gasteiger partial charge in [0, 0.05) is 47.1 Å². The number of esters is 1. The first-order chi connectivity index (χ1) is 19.7. The molecule has 0 saturated heterocycles. The normalized spacial score (nSPS) is 14.5. The van der Waals surface area contributed by atoms with Gasteiger partial charge < -0.3 is 20.6 Å². The molecule has 0 spiro atoms. The summed E-state index contributed by atoms with van der Waals surface area (Å²) in [6.45, 7) is 0. The highest BCUT2D eigenvalue weighted by Crippen LogP contribution is 2.37. The first kappa shape index (κ1) is 30.0. The number of carbonyl (C=O) groups is 2. The molecule has 7 nitrogen and oxygen atoms in total. The molecule has 9 heteroatoms. The lowest BCUT2D eigenvalue weighted by molar-refractivity contribution is -0.134. The van der Waals surface area contributed by atoms with Crippen LogP contribution in [0.2, 0.25) is 5.02 Å². The molecule has 1 saturated carbocycles. The lowest BCUT2D eigenvalue weighted by Gasteiger charge is -2.33. The Labute approximate surface area is 244 Å². The van der Waals surface area contributed by atoms with Gasteiger partial charge in [0.25, 0.3) is 0 Å². The zero-order valence-electron chi connectivity index (χ0n) is 23.0. The Morgan fingerprint density at radius 3 is 2.46 bits per heavy atom. The summed E-state index contributed by atoms with van der Waals surface area (Å²) in [7, 11) is 3.02. The molecule has 1 aliphatic rings. The summed E-state index contributed by atoms with van der Waals surface area (Å²) >= 11 is 6.70. The summed E-state index contributed by atoms with van der Waals surface area (Å²) < 4.78 is 19.4. The summed E-state index contributed by atoms with van der Waals surface area (Å²) in [4.78, 5) is 26.7. The van der Waals surface area contributed by atoms with Gasteiger partial charge in [-0.2, -0.15) is 0 Å². The molecule has 0 heterocycles. The van der Waals surface area contributed by atoms with Gasteiger partial charge in [-0.3, -0.25) is 9.69 Å². The fourth-order valence-electron chi connectivity index (χ4n) is 5.14. The molecule has 214 valence electrons. The Balaban J connectivity index is 1.74. The Morgan fingerprint density at radius 2 is 1.80 bits per heavy atom. The van der Waals surface area contributed by atoms with Gasteiger partial charge in [-0.05, 0) is 72.0 Å². The number of methoxy groups -OCH3 is 1. The fraction of sp³-hybridized carbons (Fsp3) is 0.281. The third-order valence-electron chi connectivity index (χ3n) is 7.32. The average molecular weight is 578 g/mol. The van der Waals surface area contributed by atoms with Crippen molar-refractivity contribution in [2.24, 2.45) is 5.92 Å². The predicted molar refractivity (Wildman–Crippen MR) is 161 cm³/mol. The van der Waals surface area contributed by atoms with E-state index in [0.717, 1.165) is 42.2 Å². The predicted octanol–water partition coefficient (Wildman–Crippen LogP) is 6.98. The number of hydrogen-bond acceptors (Lipinski definition) is 6. The number of amides is 1. The van der Waals surface area contributed by atoms with Gasteiger partial charge >= 0.3 is 5.97 Å². The maximum absolute atomic E-state index is 14.8. The lowest BCUT2D eigenvalue weighted by Crippen LogP contribution is -2.40. The largest absolute Gasteiger partial charge is 0.466 e. The van der Waals surface area contributed by atoms with Crippen LogP contribution in [0, 0.1) is 17.1 Å². The second kappa shape index (κ2) is 13.6. The van der Waals surface area contributed by atoms with E-state index in [4.69, 9.17) is 17.0 Å². The molecule has 1 amide bonds. The maximum Gasteiger partial charge on any atom is 0.330 e. The van der Waals surface area contributed by atoms with Crippen LogP contribution >= 0.6 is 11.6 Å².